The summed E-state index contributed by atoms with van der Waals surface area (Å²) in [5.74, 6) is -0.226. The maximum absolute atomic E-state index is 12.5. The lowest BCUT2D eigenvalue weighted by Crippen LogP contribution is -2.30. The number of rotatable bonds is 4. The molecule has 1 amide bonds. The van der Waals surface area contributed by atoms with Gasteiger partial charge in [-0.25, -0.2) is 5.43 Å². The normalized spacial score (nSPS) is 15.4. The number of benzene rings is 2. The number of halogens is 1. The zero-order valence-electron chi connectivity index (χ0n) is 15.7. The SMILES string of the molecule is CC1=CN2NCC=C2C=C1N(C)c1cccc(NC(=O)c2ccccc2Cl)c1. The molecule has 0 fully saturated rings. The van der Waals surface area contributed by atoms with Gasteiger partial charge < -0.3 is 10.2 Å². The fourth-order valence-electron chi connectivity index (χ4n) is 3.34. The minimum atomic E-state index is -0.226. The van der Waals surface area contributed by atoms with E-state index in [-0.39, 0.29) is 5.91 Å². The van der Waals surface area contributed by atoms with Gasteiger partial charge >= 0.3 is 0 Å². The Hall–Kier alpha value is -3.02. The average molecular weight is 393 g/mol. The first-order valence-corrected chi connectivity index (χ1v) is 9.44. The zero-order chi connectivity index (χ0) is 19.7. The Morgan fingerprint density at radius 2 is 2.04 bits per heavy atom. The van der Waals surface area contributed by atoms with Gasteiger partial charge in [-0.2, -0.15) is 0 Å². The average Bonchev–Trinajstić information content (AvgIpc) is 3.14. The van der Waals surface area contributed by atoms with Gasteiger partial charge in [-0.3, -0.25) is 9.80 Å². The maximum Gasteiger partial charge on any atom is 0.257 e. The van der Waals surface area contributed by atoms with Gasteiger partial charge in [-0.05, 0) is 55.0 Å². The Morgan fingerprint density at radius 3 is 2.86 bits per heavy atom. The number of hydrazine groups is 1. The highest BCUT2D eigenvalue weighted by Gasteiger charge is 2.21. The second kappa shape index (κ2) is 7.54. The second-order valence-corrected chi connectivity index (χ2v) is 7.15. The first kappa shape index (κ1) is 18.3. The summed E-state index contributed by atoms with van der Waals surface area (Å²) in [7, 11) is 2.02. The quantitative estimate of drug-likeness (QED) is 0.802. The molecule has 2 aliphatic rings. The highest BCUT2D eigenvalue weighted by atomic mass is 35.5. The number of nitrogens with one attached hydrogen (secondary N) is 2. The number of amides is 1. The second-order valence-electron chi connectivity index (χ2n) is 6.75. The topological polar surface area (TPSA) is 47.6 Å². The lowest BCUT2D eigenvalue weighted by atomic mass is 10.1. The Balaban J connectivity index is 1.56. The molecule has 2 aromatic rings. The molecule has 142 valence electrons. The number of hydrogen-bond acceptors (Lipinski definition) is 4. The lowest BCUT2D eigenvalue weighted by Gasteiger charge is -2.30. The van der Waals surface area contributed by atoms with E-state index < -0.39 is 0 Å². The van der Waals surface area contributed by atoms with Crippen molar-refractivity contribution in [3.05, 3.63) is 94.4 Å². The van der Waals surface area contributed by atoms with E-state index in [0.717, 1.165) is 34.9 Å². The molecular weight excluding hydrogens is 372 g/mol. The molecule has 0 unspecified atom stereocenters. The largest absolute Gasteiger partial charge is 0.344 e. The van der Waals surface area contributed by atoms with Crippen LogP contribution in [0.2, 0.25) is 5.02 Å². The van der Waals surface area contributed by atoms with Gasteiger partial charge in [-0.1, -0.05) is 29.8 Å². The van der Waals surface area contributed by atoms with E-state index in [9.17, 15) is 4.79 Å². The molecule has 0 spiro atoms. The Bertz CT molecular complexity index is 1020. The summed E-state index contributed by atoms with van der Waals surface area (Å²) in [4.78, 5) is 14.7. The molecule has 0 aliphatic carbocycles. The van der Waals surface area contributed by atoms with Crippen LogP contribution in [0.5, 0.6) is 0 Å². The van der Waals surface area contributed by atoms with Gasteiger partial charge in [0.1, 0.15) is 0 Å². The first-order chi connectivity index (χ1) is 13.5. The van der Waals surface area contributed by atoms with Crippen molar-refractivity contribution in [1.82, 2.24) is 10.4 Å². The van der Waals surface area contributed by atoms with Crippen molar-refractivity contribution < 1.29 is 4.79 Å². The van der Waals surface area contributed by atoms with Gasteiger partial charge in [0.15, 0.2) is 0 Å². The third-order valence-corrected chi connectivity index (χ3v) is 5.16. The molecule has 2 heterocycles. The Kier molecular flexibility index (Phi) is 4.94. The van der Waals surface area contributed by atoms with Crippen LogP contribution in [0.25, 0.3) is 0 Å². The number of allylic oxidation sites excluding steroid dienone is 2. The molecular formula is C22H21ClN4O. The number of likely N-dealkylation sites (N-methyl/N-ethyl adjacent to an activating group) is 1. The summed E-state index contributed by atoms with van der Waals surface area (Å²) in [5.41, 5.74) is 8.84. The van der Waals surface area contributed by atoms with E-state index in [2.05, 4.69) is 40.9 Å². The highest BCUT2D eigenvalue weighted by Crippen LogP contribution is 2.30. The summed E-state index contributed by atoms with van der Waals surface area (Å²) in [6.45, 7) is 2.91. The smallest absolute Gasteiger partial charge is 0.257 e. The van der Waals surface area contributed by atoms with Crippen LogP contribution in [-0.4, -0.2) is 24.5 Å². The summed E-state index contributed by atoms with van der Waals surface area (Å²) in [6, 6.07) is 14.8. The van der Waals surface area contributed by atoms with E-state index in [1.54, 1.807) is 24.3 Å². The van der Waals surface area contributed by atoms with Gasteiger partial charge in [0.2, 0.25) is 0 Å². The number of carbonyl (C=O) groups is 1. The fraction of sp³-hybridized carbons (Fsp3) is 0.136. The van der Waals surface area contributed by atoms with Crippen LogP contribution in [0.4, 0.5) is 11.4 Å². The molecule has 0 radical (unpaired) electrons. The van der Waals surface area contributed by atoms with Crippen molar-refractivity contribution in [1.29, 1.82) is 0 Å². The van der Waals surface area contributed by atoms with Crippen molar-refractivity contribution in [3.8, 4) is 0 Å². The van der Waals surface area contributed by atoms with E-state index in [4.69, 9.17) is 11.6 Å². The van der Waals surface area contributed by atoms with Crippen LogP contribution in [0.15, 0.2) is 83.9 Å². The summed E-state index contributed by atoms with van der Waals surface area (Å²) < 4.78 is 0. The predicted octanol–water partition coefficient (Wildman–Crippen LogP) is 4.53. The van der Waals surface area contributed by atoms with Gasteiger partial charge in [-0.15, -0.1) is 0 Å². The molecule has 0 aromatic heterocycles. The maximum atomic E-state index is 12.5. The van der Waals surface area contributed by atoms with Crippen LogP contribution in [0, 0.1) is 0 Å². The first-order valence-electron chi connectivity index (χ1n) is 9.06. The molecule has 4 rings (SSSR count). The van der Waals surface area contributed by atoms with Crippen LogP contribution in [0.1, 0.15) is 17.3 Å². The standard InChI is InChI=1S/C22H21ClN4O/c1-15-14-27-18(10-11-24-27)13-21(15)26(2)17-7-5-6-16(12-17)25-22(28)19-8-3-4-9-20(19)23/h3-10,12-14,24H,11H2,1-2H3,(H,25,28). The van der Waals surface area contributed by atoms with Gasteiger partial charge in [0.25, 0.3) is 5.91 Å². The van der Waals surface area contributed by atoms with Gasteiger partial charge in [0.05, 0.1) is 16.3 Å². The summed E-state index contributed by atoms with van der Waals surface area (Å²) in [6.07, 6.45) is 6.40. The third kappa shape index (κ3) is 3.54. The summed E-state index contributed by atoms with van der Waals surface area (Å²) in [5, 5.41) is 5.40. The number of hydrogen-bond donors (Lipinski definition) is 2. The molecule has 0 atom stereocenters. The molecule has 0 saturated carbocycles. The van der Waals surface area contributed by atoms with E-state index >= 15 is 0 Å². The molecule has 0 saturated heterocycles. The molecule has 2 aromatic carbocycles. The van der Waals surface area contributed by atoms with Crippen molar-refractivity contribution >= 4 is 28.9 Å². The minimum absolute atomic E-state index is 0.226. The third-order valence-electron chi connectivity index (χ3n) is 4.83. The number of nitrogens with zero attached hydrogens (tertiary/aromatic N) is 2. The van der Waals surface area contributed by atoms with Crippen molar-refractivity contribution in [2.75, 3.05) is 23.8 Å². The number of fused-ring (bicyclic) bond motifs is 1. The number of anilines is 2. The Morgan fingerprint density at radius 1 is 1.21 bits per heavy atom. The molecule has 28 heavy (non-hydrogen) atoms. The van der Waals surface area contributed by atoms with Crippen molar-refractivity contribution in [2.24, 2.45) is 0 Å². The van der Waals surface area contributed by atoms with Crippen LogP contribution in [0.3, 0.4) is 0 Å². The molecule has 5 nitrogen and oxygen atoms in total. The fourth-order valence-corrected chi connectivity index (χ4v) is 3.56. The van der Waals surface area contributed by atoms with E-state index in [1.165, 1.54) is 0 Å². The van der Waals surface area contributed by atoms with Crippen molar-refractivity contribution in [3.63, 3.8) is 0 Å². The van der Waals surface area contributed by atoms with Crippen LogP contribution >= 0.6 is 11.6 Å². The summed E-state index contributed by atoms with van der Waals surface area (Å²) >= 11 is 6.13. The minimum Gasteiger partial charge on any atom is -0.344 e. The van der Waals surface area contributed by atoms with Crippen LogP contribution in [-0.2, 0) is 0 Å². The van der Waals surface area contributed by atoms with Crippen LogP contribution < -0.4 is 15.6 Å². The van der Waals surface area contributed by atoms with E-state index in [0.29, 0.717) is 10.6 Å². The van der Waals surface area contributed by atoms with E-state index in [1.807, 2.05) is 36.3 Å². The molecule has 2 aliphatic heterocycles. The zero-order valence-corrected chi connectivity index (χ0v) is 16.5. The monoisotopic (exact) mass is 392 g/mol. The van der Waals surface area contributed by atoms with Crippen molar-refractivity contribution in [2.45, 2.75) is 6.92 Å². The predicted molar refractivity (Wildman–Crippen MR) is 114 cm³/mol. The molecule has 6 heteroatoms. The van der Waals surface area contributed by atoms with Gasteiger partial charge in [0, 0.05) is 36.9 Å². The lowest BCUT2D eigenvalue weighted by molar-refractivity contribution is 0.102. The Labute approximate surface area is 169 Å². The highest BCUT2D eigenvalue weighted by molar-refractivity contribution is 6.34. The number of carbonyl (C=O) groups excluding carboxylic acids is 1. The molecule has 0 bridgehead atoms. The molecule has 2 N–H and O–H groups in total.